The van der Waals surface area contributed by atoms with Crippen molar-refractivity contribution < 1.29 is 9.15 Å². The fourth-order valence-electron chi connectivity index (χ4n) is 2.41. The van der Waals surface area contributed by atoms with Crippen molar-refractivity contribution in [2.75, 3.05) is 13.7 Å². The van der Waals surface area contributed by atoms with Gasteiger partial charge in [0, 0.05) is 11.4 Å². The van der Waals surface area contributed by atoms with Crippen LogP contribution >= 0.6 is 35.2 Å². The number of hydrogen-bond acceptors (Lipinski definition) is 6. The average Bonchev–Trinajstić information content (AvgIpc) is 3.14. The summed E-state index contributed by atoms with van der Waals surface area (Å²) in [4.78, 5) is 3.61. The largest absolute Gasteiger partial charge is 0.493 e. The molecule has 8 heteroatoms. The third-order valence-corrected chi connectivity index (χ3v) is 4.96. The number of aromatic nitrogens is 2. The minimum Gasteiger partial charge on any atom is -0.493 e. The van der Waals surface area contributed by atoms with Crippen LogP contribution in [-0.4, -0.2) is 28.3 Å². The first kappa shape index (κ1) is 18.1. The second-order valence-electron chi connectivity index (χ2n) is 5.46. The van der Waals surface area contributed by atoms with E-state index < -0.39 is 0 Å². The highest BCUT2D eigenvalue weighted by Gasteiger charge is 2.14. The van der Waals surface area contributed by atoms with Gasteiger partial charge in [-0.2, -0.15) is 0 Å². The molecule has 2 aromatic heterocycles. The summed E-state index contributed by atoms with van der Waals surface area (Å²) in [6.07, 6.45) is 0. The summed E-state index contributed by atoms with van der Waals surface area (Å²) in [7, 11) is 2.00. The number of ether oxygens (including phenoxy) is 1. The van der Waals surface area contributed by atoms with Crippen molar-refractivity contribution >= 4 is 35.2 Å². The molecule has 0 radical (unpaired) electrons. The van der Waals surface area contributed by atoms with Crippen molar-refractivity contribution in [3.63, 3.8) is 0 Å². The quantitative estimate of drug-likeness (QED) is 0.522. The van der Waals surface area contributed by atoms with E-state index in [9.17, 15) is 0 Å². The Morgan fingerprint density at radius 3 is 2.84 bits per heavy atom. The SMILES string of the molecule is CCOc1ccccc1-c1nn(CN(C)Cc2ccc(Cl)s2)c(=S)o1. The molecule has 1 aromatic carbocycles. The number of para-hydroxylation sites is 1. The molecule has 0 bridgehead atoms. The monoisotopic (exact) mass is 395 g/mol. The van der Waals surface area contributed by atoms with Gasteiger partial charge in [0.05, 0.1) is 23.2 Å². The first-order chi connectivity index (χ1) is 12.1. The third-order valence-electron chi connectivity index (χ3n) is 3.45. The molecule has 0 aliphatic rings. The predicted octanol–water partition coefficient (Wildman–Crippen LogP) is 5.08. The van der Waals surface area contributed by atoms with Gasteiger partial charge in [0.25, 0.3) is 10.7 Å². The Hall–Kier alpha value is -1.67. The van der Waals surface area contributed by atoms with Crippen molar-refractivity contribution in [1.82, 2.24) is 14.7 Å². The van der Waals surface area contributed by atoms with Crippen molar-refractivity contribution in [3.05, 3.63) is 50.4 Å². The van der Waals surface area contributed by atoms with Crippen LogP contribution in [-0.2, 0) is 13.2 Å². The lowest BCUT2D eigenvalue weighted by Gasteiger charge is -2.14. The number of nitrogens with zero attached hydrogens (tertiary/aromatic N) is 3. The molecule has 0 aliphatic carbocycles. The van der Waals surface area contributed by atoms with Crippen LogP contribution in [0.1, 0.15) is 11.8 Å². The van der Waals surface area contributed by atoms with Crippen LogP contribution < -0.4 is 4.74 Å². The highest BCUT2D eigenvalue weighted by Crippen LogP contribution is 2.29. The van der Waals surface area contributed by atoms with Gasteiger partial charge in [-0.15, -0.1) is 16.4 Å². The van der Waals surface area contributed by atoms with Crippen LogP contribution in [0.15, 0.2) is 40.8 Å². The van der Waals surface area contributed by atoms with E-state index in [0.717, 1.165) is 22.2 Å². The lowest BCUT2D eigenvalue weighted by Crippen LogP contribution is -2.22. The van der Waals surface area contributed by atoms with E-state index in [0.29, 0.717) is 24.0 Å². The summed E-state index contributed by atoms with van der Waals surface area (Å²) in [5, 5.41) is 4.51. The van der Waals surface area contributed by atoms with Crippen LogP contribution in [0, 0.1) is 4.84 Å². The summed E-state index contributed by atoms with van der Waals surface area (Å²) in [6, 6.07) is 11.6. The summed E-state index contributed by atoms with van der Waals surface area (Å²) in [6.45, 7) is 3.80. The Labute approximate surface area is 160 Å². The van der Waals surface area contributed by atoms with Gasteiger partial charge in [-0.3, -0.25) is 4.90 Å². The fraction of sp³-hybridized carbons (Fsp3) is 0.294. The Kier molecular flexibility index (Phi) is 5.90. The maximum absolute atomic E-state index is 5.98. The standard InChI is InChI=1S/C17H18ClN3O2S2/c1-3-22-14-7-5-4-6-13(14)16-19-21(17(24)23-16)11-20(2)10-12-8-9-15(18)25-12/h4-9H,3,10-11H2,1-2H3. The molecule has 0 amide bonds. The average molecular weight is 396 g/mol. The van der Waals surface area contributed by atoms with Crippen LogP contribution in [0.25, 0.3) is 11.5 Å². The zero-order valence-electron chi connectivity index (χ0n) is 13.9. The molecule has 0 N–H and O–H groups in total. The molecule has 3 rings (SSSR count). The first-order valence-corrected chi connectivity index (χ1v) is 9.40. The van der Waals surface area contributed by atoms with Crippen molar-refractivity contribution in [2.45, 2.75) is 20.1 Å². The minimum atomic E-state index is 0.331. The van der Waals surface area contributed by atoms with Crippen LogP contribution in [0.5, 0.6) is 5.75 Å². The predicted molar refractivity (Wildman–Crippen MR) is 103 cm³/mol. The number of benzene rings is 1. The lowest BCUT2D eigenvalue weighted by molar-refractivity contribution is 0.242. The summed E-state index contributed by atoms with van der Waals surface area (Å²) >= 11 is 12.9. The molecule has 3 aromatic rings. The Morgan fingerprint density at radius 2 is 2.12 bits per heavy atom. The van der Waals surface area contributed by atoms with Gasteiger partial charge in [0.1, 0.15) is 5.75 Å². The Balaban J connectivity index is 1.77. The highest BCUT2D eigenvalue weighted by molar-refractivity contribution is 7.71. The molecule has 2 heterocycles. The number of thiophene rings is 1. The number of halogens is 1. The molecule has 0 fully saturated rings. The number of rotatable bonds is 7. The van der Waals surface area contributed by atoms with Crippen molar-refractivity contribution in [2.24, 2.45) is 0 Å². The summed E-state index contributed by atoms with van der Waals surface area (Å²) < 4.78 is 13.8. The third kappa shape index (κ3) is 4.49. The van der Waals surface area contributed by atoms with E-state index >= 15 is 0 Å². The minimum absolute atomic E-state index is 0.331. The number of hydrogen-bond donors (Lipinski definition) is 0. The van der Waals surface area contributed by atoms with Crippen LogP contribution in [0.4, 0.5) is 0 Å². The Morgan fingerprint density at radius 1 is 1.32 bits per heavy atom. The maximum atomic E-state index is 5.98. The van der Waals surface area contributed by atoms with Gasteiger partial charge in [-0.1, -0.05) is 23.7 Å². The summed E-state index contributed by atoms with van der Waals surface area (Å²) in [5.41, 5.74) is 0.793. The van der Waals surface area contributed by atoms with Crippen LogP contribution in [0.2, 0.25) is 4.34 Å². The van der Waals surface area contributed by atoms with Gasteiger partial charge >= 0.3 is 0 Å². The second kappa shape index (κ2) is 8.14. The molecule has 132 valence electrons. The van der Waals surface area contributed by atoms with Crippen molar-refractivity contribution in [1.29, 1.82) is 0 Å². The van der Waals surface area contributed by atoms with E-state index in [1.165, 1.54) is 4.88 Å². The molecule has 5 nitrogen and oxygen atoms in total. The molecular weight excluding hydrogens is 378 g/mol. The molecule has 25 heavy (non-hydrogen) atoms. The Bertz CT molecular complexity index is 903. The molecule has 0 aliphatic heterocycles. The zero-order valence-corrected chi connectivity index (χ0v) is 16.3. The zero-order chi connectivity index (χ0) is 17.8. The van der Waals surface area contributed by atoms with E-state index in [-0.39, 0.29) is 0 Å². The molecular formula is C17H18ClN3O2S2. The van der Waals surface area contributed by atoms with Gasteiger partial charge < -0.3 is 9.15 Å². The fourth-order valence-corrected chi connectivity index (χ4v) is 3.76. The summed E-state index contributed by atoms with van der Waals surface area (Å²) in [5.74, 6) is 1.19. The van der Waals surface area contributed by atoms with Gasteiger partial charge in [0.15, 0.2) is 0 Å². The van der Waals surface area contributed by atoms with Crippen molar-refractivity contribution in [3.8, 4) is 17.2 Å². The van der Waals surface area contributed by atoms with E-state index in [4.69, 9.17) is 33.0 Å². The van der Waals surface area contributed by atoms with Gasteiger partial charge in [-0.05, 0) is 50.5 Å². The normalized spacial score (nSPS) is 11.2. The molecule has 0 saturated carbocycles. The lowest BCUT2D eigenvalue weighted by atomic mass is 10.2. The molecule has 0 saturated heterocycles. The smallest absolute Gasteiger partial charge is 0.288 e. The first-order valence-electron chi connectivity index (χ1n) is 7.79. The second-order valence-corrected chi connectivity index (χ2v) is 7.61. The van der Waals surface area contributed by atoms with E-state index in [2.05, 4.69) is 10.00 Å². The van der Waals surface area contributed by atoms with Gasteiger partial charge in [-0.25, -0.2) is 4.68 Å². The van der Waals surface area contributed by atoms with E-state index in [1.807, 2.05) is 50.4 Å². The maximum Gasteiger partial charge on any atom is 0.288 e. The van der Waals surface area contributed by atoms with E-state index in [1.54, 1.807) is 16.0 Å². The highest BCUT2D eigenvalue weighted by atomic mass is 35.5. The van der Waals surface area contributed by atoms with Crippen LogP contribution in [0.3, 0.4) is 0 Å². The topological polar surface area (TPSA) is 43.4 Å². The molecule has 0 spiro atoms. The molecule has 0 atom stereocenters. The van der Waals surface area contributed by atoms with Gasteiger partial charge in [0.2, 0.25) is 0 Å². The molecule has 0 unspecified atom stereocenters.